The highest BCUT2D eigenvalue weighted by molar-refractivity contribution is 5.28. The molecule has 0 saturated heterocycles. The summed E-state index contributed by atoms with van der Waals surface area (Å²) in [5, 5.41) is 6.78. The number of rotatable bonds is 4. The third kappa shape index (κ3) is 2.60. The molecule has 5 nitrogen and oxygen atoms in total. The van der Waals surface area contributed by atoms with Gasteiger partial charge in [-0.3, -0.25) is 10.00 Å². The van der Waals surface area contributed by atoms with Crippen LogP contribution in [0.1, 0.15) is 11.3 Å². The van der Waals surface area contributed by atoms with Crippen LogP contribution in [0.4, 0.5) is 5.82 Å². The Bertz CT molecular complexity index is 403. The highest BCUT2D eigenvalue weighted by Crippen LogP contribution is 2.07. The molecule has 0 fully saturated rings. The standard InChI is InChI=1S/C10H15N5/c1-15(6-8-2-3-12-5-8)7-9-4-10(11)14-13-9/h2-5,12H,6-7H2,1H3,(H3,11,13,14). The number of nitrogen functional groups attached to an aromatic ring is 1. The number of aromatic nitrogens is 3. The molecule has 2 aromatic heterocycles. The van der Waals surface area contributed by atoms with E-state index in [4.69, 9.17) is 5.73 Å². The number of nitrogens with two attached hydrogens (primary N) is 1. The summed E-state index contributed by atoms with van der Waals surface area (Å²) in [6, 6.07) is 3.92. The molecule has 0 unspecified atom stereocenters. The fourth-order valence-electron chi connectivity index (χ4n) is 1.58. The quantitative estimate of drug-likeness (QED) is 0.695. The summed E-state index contributed by atoms with van der Waals surface area (Å²) in [4.78, 5) is 5.23. The molecule has 2 heterocycles. The first kappa shape index (κ1) is 9.79. The molecule has 80 valence electrons. The van der Waals surface area contributed by atoms with Crippen LogP contribution in [0.3, 0.4) is 0 Å². The maximum absolute atomic E-state index is 5.52. The van der Waals surface area contributed by atoms with Gasteiger partial charge in [0.1, 0.15) is 5.82 Å². The van der Waals surface area contributed by atoms with Gasteiger partial charge in [0.05, 0.1) is 5.69 Å². The largest absolute Gasteiger partial charge is 0.382 e. The topological polar surface area (TPSA) is 73.7 Å². The molecule has 0 aliphatic rings. The lowest BCUT2D eigenvalue weighted by Gasteiger charge is -2.13. The number of hydrogen-bond donors (Lipinski definition) is 3. The first-order valence-corrected chi connectivity index (χ1v) is 4.84. The summed E-state index contributed by atoms with van der Waals surface area (Å²) in [6.07, 6.45) is 3.93. The minimum atomic E-state index is 0.542. The number of nitrogens with one attached hydrogen (secondary N) is 2. The molecular weight excluding hydrogens is 190 g/mol. The Hall–Kier alpha value is -1.75. The minimum Gasteiger partial charge on any atom is -0.382 e. The third-order valence-electron chi connectivity index (χ3n) is 2.21. The normalized spacial score (nSPS) is 11.1. The van der Waals surface area contributed by atoms with Gasteiger partial charge >= 0.3 is 0 Å². The number of hydrogen-bond acceptors (Lipinski definition) is 3. The van der Waals surface area contributed by atoms with E-state index in [0.717, 1.165) is 18.8 Å². The van der Waals surface area contributed by atoms with Gasteiger partial charge in [0, 0.05) is 31.5 Å². The molecule has 0 aromatic carbocycles. The van der Waals surface area contributed by atoms with Crippen LogP contribution in [0.15, 0.2) is 24.5 Å². The van der Waals surface area contributed by atoms with Crippen molar-refractivity contribution >= 4 is 5.82 Å². The Morgan fingerprint density at radius 2 is 2.33 bits per heavy atom. The van der Waals surface area contributed by atoms with Crippen molar-refractivity contribution in [1.29, 1.82) is 0 Å². The smallest absolute Gasteiger partial charge is 0.145 e. The van der Waals surface area contributed by atoms with Crippen molar-refractivity contribution < 1.29 is 0 Å². The summed E-state index contributed by atoms with van der Waals surface area (Å²) in [7, 11) is 2.06. The van der Waals surface area contributed by atoms with Crippen molar-refractivity contribution in [3.63, 3.8) is 0 Å². The van der Waals surface area contributed by atoms with Crippen LogP contribution in [0.2, 0.25) is 0 Å². The molecule has 0 aliphatic heterocycles. The summed E-state index contributed by atoms with van der Waals surface area (Å²) in [5.74, 6) is 0.542. The number of H-pyrrole nitrogens is 2. The van der Waals surface area contributed by atoms with Crippen LogP contribution in [-0.2, 0) is 13.1 Å². The zero-order valence-corrected chi connectivity index (χ0v) is 8.70. The minimum absolute atomic E-state index is 0.542. The van der Waals surface area contributed by atoms with Crippen LogP contribution in [-0.4, -0.2) is 27.1 Å². The van der Waals surface area contributed by atoms with Gasteiger partial charge in [-0.15, -0.1) is 0 Å². The van der Waals surface area contributed by atoms with Crippen LogP contribution in [0.25, 0.3) is 0 Å². The average Bonchev–Trinajstić information content (AvgIpc) is 2.77. The average molecular weight is 205 g/mol. The van der Waals surface area contributed by atoms with Gasteiger partial charge in [-0.2, -0.15) is 5.10 Å². The lowest BCUT2D eigenvalue weighted by atomic mass is 10.3. The second-order valence-electron chi connectivity index (χ2n) is 3.71. The van der Waals surface area contributed by atoms with Gasteiger partial charge in [-0.05, 0) is 18.7 Å². The van der Waals surface area contributed by atoms with Crippen LogP contribution < -0.4 is 5.73 Å². The predicted octanol–water partition coefficient (Wildman–Crippen LogP) is 0.952. The third-order valence-corrected chi connectivity index (χ3v) is 2.21. The Kier molecular flexibility index (Phi) is 2.73. The molecule has 0 bridgehead atoms. The lowest BCUT2D eigenvalue weighted by molar-refractivity contribution is 0.315. The Morgan fingerprint density at radius 3 is 2.93 bits per heavy atom. The van der Waals surface area contributed by atoms with Gasteiger partial charge < -0.3 is 10.7 Å². The fourth-order valence-corrected chi connectivity index (χ4v) is 1.58. The van der Waals surface area contributed by atoms with E-state index in [1.165, 1.54) is 5.56 Å². The lowest BCUT2D eigenvalue weighted by Crippen LogP contribution is -2.17. The Morgan fingerprint density at radius 1 is 1.47 bits per heavy atom. The zero-order chi connectivity index (χ0) is 10.7. The van der Waals surface area contributed by atoms with Crippen molar-refractivity contribution in [1.82, 2.24) is 20.1 Å². The SMILES string of the molecule is CN(Cc1cc[nH]c1)Cc1cc(N)n[nH]1. The van der Waals surface area contributed by atoms with Crippen LogP contribution in [0.5, 0.6) is 0 Å². The van der Waals surface area contributed by atoms with Crippen molar-refractivity contribution in [3.05, 3.63) is 35.8 Å². The maximum Gasteiger partial charge on any atom is 0.145 e. The van der Waals surface area contributed by atoms with E-state index in [-0.39, 0.29) is 0 Å². The molecule has 4 N–H and O–H groups in total. The highest BCUT2D eigenvalue weighted by atomic mass is 15.2. The monoisotopic (exact) mass is 205 g/mol. The molecule has 15 heavy (non-hydrogen) atoms. The van der Waals surface area contributed by atoms with Crippen LogP contribution in [0, 0.1) is 0 Å². The summed E-state index contributed by atoms with van der Waals surface area (Å²) < 4.78 is 0. The summed E-state index contributed by atoms with van der Waals surface area (Å²) in [5.41, 5.74) is 7.83. The predicted molar refractivity (Wildman–Crippen MR) is 59.0 cm³/mol. The van der Waals surface area contributed by atoms with E-state index in [0.29, 0.717) is 5.82 Å². The van der Waals surface area contributed by atoms with E-state index < -0.39 is 0 Å². The first-order chi connectivity index (χ1) is 7.24. The molecule has 0 saturated carbocycles. The second-order valence-corrected chi connectivity index (χ2v) is 3.71. The first-order valence-electron chi connectivity index (χ1n) is 4.84. The molecule has 5 heteroatoms. The molecule has 2 rings (SSSR count). The van der Waals surface area contributed by atoms with Crippen molar-refractivity contribution in [2.45, 2.75) is 13.1 Å². The number of nitrogens with zero attached hydrogens (tertiary/aromatic N) is 2. The van der Waals surface area contributed by atoms with E-state index in [9.17, 15) is 0 Å². The van der Waals surface area contributed by atoms with Gasteiger partial charge in [-0.1, -0.05) is 0 Å². The van der Waals surface area contributed by atoms with Crippen LogP contribution >= 0.6 is 0 Å². The number of anilines is 1. The molecule has 0 atom stereocenters. The van der Waals surface area contributed by atoms with Gasteiger partial charge in [0.25, 0.3) is 0 Å². The second kappa shape index (κ2) is 4.18. The fraction of sp³-hybridized carbons (Fsp3) is 0.300. The van der Waals surface area contributed by atoms with Gasteiger partial charge in [-0.25, -0.2) is 0 Å². The Labute approximate surface area is 88.3 Å². The molecule has 0 radical (unpaired) electrons. The zero-order valence-electron chi connectivity index (χ0n) is 8.70. The van der Waals surface area contributed by atoms with Crippen molar-refractivity contribution in [2.24, 2.45) is 0 Å². The summed E-state index contributed by atoms with van der Waals surface area (Å²) >= 11 is 0. The van der Waals surface area contributed by atoms with E-state index in [2.05, 4.69) is 33.2 Å². The molecule has 0 amide bonds. The van der Waals surface area contributed by atoms with Crippen molar-refractivity contribution in [3.8, 4) is 0 Å². The molecule has 0 spiro atoms. The maximum atomic E-state index is 5.52. The Balaban J connectivity index is 1.90. The molecule has 2 aromatic rings. The summed E-state index contributed by atoms with van der Waals surface area (Å²) in [6.45, 7) is 1.72. The van der Waals surface area contributed by atoms with Crippen molar-refractivity contribution in [2.75, 3.05) is 12.8 Å². The molecular formula is C10H15N5. The highest BCUT2D eigenvalue weighted by Gasteiger charge is 2.03. The molecule has 0 aliphatic carbocycles. The van der Waals surface area contributed by atoms with E-state index in [1.807, 2.05) is 18.5 Å². The van der Waals surface area contributed by atoms with E-state index >= 15 is 0 Å². The van der Waals surface area contributed by atoms with E-state index in [1.54, 1.807) is 0 Å². The van der Waals surface area contributed by atoms with Gasteiger partial charge in [0.15, 0.2) is 0 Å². The number of aromatic amines is 2. The van der Waals surface area contributed by atoms with Gasteiger partial charge in [0.2, 0.25) is 0 Å².